The smallest absolute Gasteiger partial charge is 0.406 e. The summed E-state index contributed by atoms with van der Waals surface area (Å²) in [6.07, 6.45) is -3.39. The summed E-state index contributed by atoms with van der Waals surface area (Å²) in [6.45, 7) is 3.42. The van der Waals surface area contributed by atoms with Crippen molar-refractivity contribution >= 4 is 33.8 Å². The highest BCUT2D eigenvalue weighted by Gasteiger charge is 2.31. The number of rotatable bonds is 3. The Hall–Kier alpha value is -2.41. The van der Waals surface area contributed by atoms with Crippen molar-refractivity contribution in [2.24, 2.45) is 5.73 Å². The van der Waals surface area contributed by atoms with Crippen molar-refractivity contribution < 1.29 is 17.9 Å². The number of benzene rings is 1. The Kier molecular flexibility index (Phi) is 4.75. The summed E-state index contributed by atoms with van der Waals surface area (Å²) in [7, 11) is 0. The van der Waals surface area contributed by atoms with E-state index in [0.29, 0.717) is 40.3 Å². The fourth-order valence-electron chi connectivity index (χ4n) is 2.79. The molecule has 4 nitrogen and oxygen atoms in total. The lowest BCUT2D eigenvalue weighted by atomic mass is 10.1. The van der Waals surface area contributed by atoms with Crippen LogP contribution in [-0.2, 0) is 0 Å². The van der Waals surface area contributed by atoms with Crippen LogP contribution in [0, 0.1) is 13.8 Å². The van der Waals surface area contributed by atoms with Gasteiger partial charge in [0.05, 0.1) is 5.35 Å². The maximum atomic E-state index is 12.4. The number of fused-ring (bicyclic) bond motifs is 1. The van der Waals surface area contributed by atoms with Crippen molar-refractivity contribution in [1.82, 2.24) is 4.98 Å². The molecule has 0 radical (unpaired) electrons. The number of aromatic nitrogens is 1. The molecule has 2 aromatic rings. The first-order valence-electron chi connectivity index (χ1n) is 7.92. The molecule has 0 aliphatic heterocycles. The lowest BCUT2D eigenvalue weighted by Gasteiger charge is -2.15. The van der Waals surface area contributed by atoms with Crippen LogP contribution in [0.1, 0.15) is 24.0 Å². The van der Waals surface area contributed by atoms with E-state index in [2.05, 4.69) is 15.0 Å². The van der Waals surface area contributed by atoms with E-state index in [4.69, 9.17) is 17.3 Å². The first-order chi connectivity index (χ1) is 12.1. The largest absolute Gasteiger partial charge is 0.573 e. The van der Waals surface area contributed by atoms with E-state index in [1.54, 1.807) is 13.0 Å². The molecule has 1 aromatic heterocycles. The second kappa shape index (κ2) is 6.72. The van der Waals surface area contributed by atoms with E-state index < -0.39 is 6.36 Å². The summed E-state index contributed by atoms with van der Waals surface area (Å²) in [4.78, 5) is 4.56. The molecule has 1 aliphatic carbocycles. The minimum atomic E-state index is -4.72. The molecule has 138 valence electrons. The monoisotopic (exact) mass is 383 g/mol. The second-order valence-corrected chi connectivity index (χ2v) is 6.59. The zero-order valence-electron chi connectivity index (χ0n) is 14.2. The molecule has 8 heteroatoms. The van der Waals surface area contributed by atoms with Crippen LogP contribution in [0.15, 0.2) is 24.3 Å². The molecule has 0 saturated carbocycles. The molecule has 1 aliphatic rings. The molecular weight excluding hydrogens is 367 g/mol. The fraction of sp³-hybridized carbons (Fsp3) is 0.278. The van der Waals surface area contributed by atoms with Crippen molar-refractivity contribution in [2.45, 2.75) is 33.1 Å². The van der Waals surface area contributed by atoms with Gasteiger partial charge in [-0.2, -0.15) is 0 Å². The first-order valence-corrected chi connectivity index (χ1v) is 8.30. The Morgan fingerprint density at radius 1 is 1.15 bits per heavy atom. The van der Waals surface area contributed by atoms with Gasteiger partial charge in [0.2, 0.25) is 0 Å². The molecule has 0 atom stereocenters. The standard InChI is InChI=1S/C18H17ClF3N3O/c1-9-7-11(3-6-15(9)26-18(20,21)22)24-17-10(2)8-12-14(23)5-4-13(19)16(12)25-17/h3,6-8H,4-5,23H2,1-2H3,(H,24,25). The van der Waals surface area contributed by atoms with Crippen molar-refractivity contribution in [2.75, 3.05) is 5.32 Å². The summed E-state index contributed by atoms with van der Waals surface area (Å²) < 4.78 is 41.1. The van der Waals surface area contributed by atoms with Crippen LogP contribution in [0.4, 0.5) is 24.7 Å². The number of alkyl halides is 3. The second-order valence-electron chi connectivity index (χ2n) is 6.13. The Labute approximate surface area is 153 Å². The van der Waals surface area contributed by atoms with Crippen molar-refractivity contribution in [3.8, 4) is 5.75 Å². The quantitative estimate of drug-likeness (QED) is 0.851. The molecule has 1 heterocycles. The Morgan fingerprint density at radius 2 is 1.88 bits per heavy atom. The van der Waals surface area contributed by atoms with Crippen LogP contribution >= 0.6 is 11.6 Å². The van der Waals surface area contributed by atoms with Gasteiger partial charge in [-0.3, -0.25) is 0 Å². The summed E-state index contributed by atoms with van der Waals surface area (Å²) in [5, 5.41) is 5.22. The third-order valence-corrected chi connectivity index (χ3v) is 4.46. The summed E-state index contributed by atoms with van der Waals surface area (Å²) in [5.41, 5.74) is 8.59. The lowest BCUT2D eigenvalue weighted by molar-refractivity contribution is -0.274. The van der Waals surface area contributed by atoms with Gasteiger partial charge >= 0.3 is 6.36 Å². The Balaban J connectivity index is 1.96. The number of pyridine rings is 1. The molecule has 0 spiro atoms. The van der Waals surface area contributed by atoms with Crippen LogP contribution in [0.3, 0.4) is 0 Å². The molecule has 0 bridgehead atoms. The number of nitrogens with one attached hydrogen (secondary N) is 1. The molecular formula is C18H17ClF3N3O. The SMILES string of the molecule is Cc1cc(Nc2nc3c(cc2C)=C(N)CCC=3Cl)ccc1OC(F)(F)F. The van der Waals surface area contributed by atoms with Crippen LogP contribution < -0.4 is 26.4 Å². The van der Waals surface area contributed by atoms with Gasteiger partial charge in [-0.25, -0.2) is 4.98 Å². The van der Waals surface area contributed by atoms with Crippen LogP contribution in [-0.4, -0.2) is 11.3 Å². The number of ether oxygens (including phenoxy) is 1. The van der Waals surface area contributed by atoms with E-state index >= 15 is 0 Å². The summed E-state index contributed by atoms with van der Waals surface area (Å²) in [6, 6.07) is 6.24. The molecule has 1 aromatic carbocycles. The minimum Gasteiger partial charge on any atom is -0.406 e. The maximum Gasteiger partial charge on any atom is 0.573 e. The van der Waals surface area contributed by atoms with Crippen molar-refractivity contribution in [3.05, 3.63) is 46.0 Å². The summed E-state index contributed by atoms with van der Waals surface area (Å²) >= 11 is 6.28. The maximum absolute atomic E-state index is 12.4. The Morgan fingerprint density at radius 3 is 2.54 bits per heavy atom. The van der Waals surface area contributed by atoms with Gasteiger partial charge in [0.1, 0.15) is 11.6 Å². The first kappa shape index (κ1) is 18.4. The number of hydrogen-bond acceptors (Lipinski definition) is 4. The third-order valence-electron chi connectivity index (χ3n) is 4.09. The number of nitrogens with zero attached hydrogens (tertiary/aromatic N) is 1. The van der Waals surface area contributed by atoms with E-state index in [-0.39, 0.29) is 5.75 Å². The minimum absolute atomic E-state index is 0.239. The van der Waals surface area contributed by atoms with E-state index in [1.165, 1.54) is 12.1 Å². The third kappa shape index (κ3) is 3.88. The average molecular weight is 384 g/mol. The predicted octanol–water partition coefficient (Wildman–Crippen LogP) is 3.55. The molecule has 3 N–H and O–H groups in total. The van der Waals surface area contributed by atoms with Gasteiger partial charge in [-0.1, -0.05) is 11.6 Å². The molecule has 0 saturated heterocycles. The van der Waals surface area contributed by atoms with Gasteiger partial charge in [-0.05, 0) is 62.1 Å². The average Bonchev–Trinajstić information content (AvgIpc) is 2.54. The predicted molar refractivity (Wildman–Crippen MR) is 95.5 cm³/mol. The topological polar surface area (TPSA) is 60.2 Å². The number of hydrogen-bond donors (Lipinski definition) is 2. The highest BCUT2D eigenvalue weighted by atomic mass is 35.5. The highest BCUT2D eigenvalue weighted by molar-refractivity contribution is 6.45. The number of anilines is 2. The molecule has 0 unspecified atom stereocenters. The van der Waals surface area contributed by atoms with Crippen molar-refractivity contribution in [3.63, 3.8) is 0 Å². The molecule has 26 heavy (non-hydrogen) atoms. The van der Waals surface area contributed by atoms with E-state index in [1.807, 2.05) is 13.0 Å². The van der Waals surface area contributed by atoms with Gasteiger partial charge in [0, 0.05) is 21.6 Å². The zero-order chi connectivity index (χ0) is 19.1. The molecule has 3 rings (SSSR count). The summed E-state index contributed by atoms with van der Waals surface area (Å²) in [5.74, 6) is 0.331. The van der Waals surface area contributed by atoms with Crippen LogP contribution in [0.2, 0.25) is 0 Å². The molecule has 0 amide bonds. The number of aryl methyl sites for hydroxylation is 2. The molecule has 0 fully saturated rings. The van der Waals surface area contributed by atoms with E-state index in [0.717, 1.165) is 16.5 Å². The number of halogens is 4. The van der Waals surface area contributed by atoms with Crippen LogP contribution in [0.25, 0.3) is 10.7 Å². The van der Waals surface area contributed by atoms with Gasteiger partial charge < -0.3 is 15.8 Å². The van der Waals surface area contributed by atoms with Crippen molar-refractivity contribution in [1.29, 1.82) is 0 Å². The highest BCUT2D eigenvalue weighted by Crippen LogP contribution is 2.29. The number of nitrogens with two attached hydrogens (primary N) is 1. The van der Waals surface area contributed by atoms with Gasteiger partial charge in [-0.15, -0.1) is 13.2 Å². The van der Waals surface area contributed by atoms with Crippen LogP contribution in [0.5, 0.6) is 5.75 Å². The Bertz CT molecular complexity index is 986. The van der Waals surface area contributed by atoms with E-state index in [9.17, 15) is 13.2 Å². The lowest BCUT2D eigenvalue weighted by Crippen LogP contribution is -2.37. The zero-order valence-corrected chi connectivity index (χ0v) is 14.9. The fourth-order valence-corrected chi connectivity index (χ4v) is 3.03. The van der Waals surface area contributed by atoms with Gasteiger partial charge in [0.15, 0.2) is 0 Å². The normalized spacial score (nSPS) is 14.2. The van der Waals surface area contributed by atoms with Gasteiger partial charge in [0.25, 0.3) is 0 Å².